The largest absolute Gasteiger partial charge is 0.0726 e. The molecule has 0 amide bonds. The molecule has 0 heteroatoms. The molecule has 2 aliphatic rings. The predicted octanol–water partition coefficient (Wildman–Crippen LogP) is 14.7. The first-order valence-electron chi connectivity index (χ1n) is 19.7. The summed E-state index contributed by atoms with van der Waals surface area (Å²) in [5.41, 5.74) is 19.4. The molecule has 0 radical (unpaired) electrons. The van der Waals surface area contributed by atoms with E-state index in [1.54, 1.807) is 0 Å². The van der Waals surface area contributed by atoms with Crippen LogP contribution in [0.1, 0.15) is 66.8 Å². The molecule has 2 aliphatic carbocycles. The fourth-order valence-electron chi connectivity index (χ4n) is 8.74. The van der Waals surface area contributed by atoms with Gasteiger partial charge in [0.2, 0.25) is 0 Å². The van der Waals surface area contributed by atoms with E-state index in [1.807, 2.05) is 0 Å². The summed E-state index contributed by atoms with van der Waals surface area (Å²) >= 11 is 0. The van der Waals surface area contributed by atoms with Crippen LogP contribution in [0, 0.1) is 0 Å². The molecule has 1 spiro atoms. The molecule has 268 valence electrons. The van der Waals surface area contributed by atoms with E-state index in [0.717, 1.165) is 0 Å². The van der Waals surface area contributed by atoms with E-state index in [1.165, 1.54) is 89.0 Å². The monoisotopic (exact) mass is 724 g/mol. The maximum absolute atomic E-state index is 2.45. The molecule has 0 unspecified atom stereocenters. The molecule has 10 rings (SSSR count). The Labute approximate surface area is 335 Å². The predicted molar refractivity (Wildman–Crippen MR) is 244 cm³/mol. The van der Waals surface area contributed by atoms with Crippen LogP contribution >= 0.6 is 0 Å². The Kier molecular flexibility index (Phi) is 8.86. The highest BCUT2D eigenvalue weighted by Crippen LogP contribution is 2.63. The summed E-state index contributed by atoms with van der Waals surface area (Å²) in [4.78, 5) is 0. The van der Waals surface area contributed by atoms with E-state index >= 15 is 0 Å². The Morgan fingerprint density at radius 2 is 0.421 bits per heavy atom. The molecule has 0 aromatic heterocycles. The second-order valence-corrected chi connectivity index (χ2v) is 14.9. The minimum atomic E-state index is -0.532. The van der Waals surface area contributed by atoms with Crippen LogP contribution in [-0.2, 0) is 5.41 Å². The van der Waals surface area contributed by atoms with Gasteiger partial charge in [0.05, 0.1) is 5.41 Å². The van der Waals surface area contributed by atoms with Gasteiger partial charge in [-0.25, -0.2) is 0 Å². The molecule has 0 aliphatic heterocycles. The van der Waals surface area contributed by atoms with E-state index in [2.05, 4.69) is 243 Å². The van der Waals surface area contributed by atoms with Gasteiger partial charge in [0.25, 0.3) is 0 Å². The molecule has 8 aromatic carbocycles. The third-order valence-corrected chi connectivity index (χ3v) is 11.4. The zero-order valence-corrected chi connectivity index (χ0v) is 31.6. The Hall–Kier alpha value is -7.28. The summed E-state index contributed by atoms with van der Waals surface area (Å²) in [6.07, 6.45) is 17.9. The molecule has 57 heavy (non-hydrogen) atoms. The highest BCUT2D eigenvalue weighted by Gasteiger charge is 2.52. The SMILES string of the molecule is C(=Cc1ccc2c(c1)C1(c3cc(C=Cc4ccccc4)ccc3-2)c2cc(C=Cc3ccccc3)ccc2-c2ccc(C=Cc3ccccc3)cc21)c1ccccc1. The van der Waals surface area contributed by atoms with Crippen molar-refractivity contribution >= 4 is 48.6 Å². The minimum Gasteiger partial charge on any atom is -0.0622 e. The third-order valence-electron chi connectivity index (χ3n) is 11.4. The van der Waals surface area contributed by atoms with E-state index in [4.69, 9.17) is 0 Å². The fourth-order valence-corrected chi connectivity index (χ4v) is 8.74. The molecule has 0 bridgehead atoms. The van der Waals surface area contributed by atoms with Gasteiger partial charge in [-0.1, -0.05) is 218 Å². The highest BCUT2D eigenvalue weighted by molar-refractivity contribution is 5.97. The van der Waals surface area contributed by atoms with Crippen molar-refractivity contribution in [3.05, 3.63) is 261 Å². The number of benzene rings is 8. The first kappa shape index (κ1) is 34.2. The first-order chi connectivity index (χ1) is 28.2. The van der Waals surface area contributed by atoms with E-state index in [-0.39, 0.29) is 0 Å². The van der Waals surface area contributed by atoms with E-state index in [0.29, 0.717) is 0 Å². The van der Waals surface area contributed by atoms with Crippen molar-refractivity contribution in [2.75, 3.05) is 0 Å². The smallest absolute Gasteiger partial charge is 0.0622 e. The summed E-state index contributed by atoms with van der Waals surface area (Å²) in [6, 6.07) is 70.6. The molecule has 0 atom stereocenters. The molecule has 0 N–H and O–H groups in total. The van der Waals surface area contributed by atoms with Gasteiger partial charge in [-0.3, -0.25) is 0 Å². The summed E-state index contributed by atoms with van der Waals surface area (Å²) in [5, 5.41) is 0. The van der Waals surface area contributed by atoms with Crippen molar-refractivity contribution in [1.82, 2.24) is 0 Å². The molecule has 0 saturated carbocycles. The van der Waals surface area contributed by atoms with Gasteiger partial charge in [-0.15, -0.1) is 0 Å². The number of rotatable bonds is 8. The van der Waals surface area contributed by atoms with Crippen molar-refractivity contribution in [2.24, 2.45) is 0 Å². The molecule has 0 saturated heterocycles. The van der Waals surface area contributed by atoms with Gasteiger partial charge in [0.15, 0.2) is 0 Å². The van der Waals surface area contributed by atoms with Crippen LogP contribution in [0.3, 0.4) is 0 Å². The number of fused-ring (bicyclic) bond motifs is 10. The standard InChI is InChI=1S/C57H40/c1-5-13-41(14-6-1)21-25-45-29-33-49-50-34-30-46(26-22-42-15-7-2-8-16-42)38-54(50)57(53(49)37-45)55-39-47(27-23-43-17-9-3-10-18-43)31-35-51(55)52-36-32-48(40-56(52)57)28-24-44-19-11-4-12-20-44/h1-40H. The van der Waals surface area contributed by atoms with Gasteiger partial charge < -0.3 is 0 Å². The normalized spacial score (nSPS) is 15.2. The van der Waals surface area contributed by atoms with Crippen LogP contribution in [0.5, 0.6) is 0 Å². The van der Waals surface area contributed by atoms with Crippen LogP contribution < -0.4 is 0 Å². The average molecular weight is 725 g/mol. The van der Waals surface area contributed by atoms with Gasteiger partial charge >= 0.3 is 0 Å². The maximum Gasteiger partial charge on any atom is 0.0726 e. The highest BCUT2D eigenvalue weighted by atomic mass is 14.5. The maximum atomic E-state index is 2.45. The molecule has 0 heterocycles. The van der Waals surface area contributed by atoms with Crippen LogP contribution in [0.25, 0.3) is 70.9 Å². The quantitative estimate of drug-likeness (QED) is 0.137. The molecule has 8 aromatic rings. The van der Waals surface area contributed by atoms with Crippen LogP contribution in [0.2, 0.25) is 0 Å². The fraction of sp³-hybridized carbons (Fsp3) is 0.0175. The second kappa shape index (κ2) is 14.8. The summed E-state index contributed by atoms with van der Waals surface area (Å²) in [6.45, 7) is 0. The second-order valence-electron chi connectivity index (χ2n) is 14.9. The van der Waals surface area contributed by atoms with Crippen molar-refractivity contribution in [3.8, 4) is 22.3 Å². The lowest BCUT2D eigenvalue weighted by Gasteiger charge is -2.31. The van der Waals surface area contributed by atoms with Crippen molar-refractivity contribution in [1.29, 1.82) is 0 Å². The zero-order chi connectivity index (χ0) is 38.0. The lowest BCUT2D eigenvalue weighted by molar-refractivity contribution is 0.792. The Bertz CT molecular complexity index is 2450. The van der Waals surface area contributed by atoms with Crippen LogP contribution in [0.4, 0.5) is 0 Å². The Balaban J connectivity index is 1.21. The molecular formula is C57H40. The average Bonchev–Trinajstić information content (AvgIpc) is 3.73. The first-order valence-corrected chi connectivity index (χ1v) is 19.7. The topological polar surface area (TPSA) is 0 Å². The lowest BCUT2D eigenvalue weighted by atomic mass is 9.69. The number of hydrogen-bond donors (Lipinski definition) is 0. The van der Waals surface area contributed by atoms with Crippen LogP contribution in [0.15, 0.2) is 194 Å². The van der Waals surface area contributed by atoms with Crippen molar-refractivity contribution in [3.63, 3.8) is 0 Å². The summed E-state index contributed by atoms with van der Waals surface area (Å²) in [5.74, 6) is 0. The van der Waals surface area contributed by atoms with Gasteiger partial charge in [0.1, 0.15) is 0 Å². The summed E-state index contributed by atoms with van der Waals surface area (Å²) in [7, 11) is 0. The van der Waals surface area contributed by atoms with E-state index in [9.17, 15) is 0 Å². The van der Waals surface area contributed by atoms with Crippen LogP contribution in [-0.4, -0.2) is 0 Å². The van der Waals surface area contributed by atoms with Gasteiger partial charge in [0, 0.05) is 0 Å². The molecule has 0 nitrogen and oxygen atoms in total. The molecular weight excluding hydrogens is 685 g/mol. The molecule has 0 fully saturated rings. The van der Waals surface area contributed by atoms with Crippen molar-refractivity contribution in [2.45, 2.75) is 5.41 Å². The lowest BCUT2D eigenvalue weighted by Crippen LogP contribution is -2.26. The Morgan fingerprint density at radius 3 is 0.649 bits per heavy atom. The third kappa shape index (κ3) is 6.42. The Morgan fingerprint density at radius 1 is 0.211 bits per heavy atom. The number of hydrogen-bond acceptors (Lipinski definition) is 0. The minimum absolute atomic E-state index is 0.532. The summed E-state index contributed by atoms with van der Waals surface area (Å²) < 4.78 is 0. The van der Waals surface area contributed by atoms with E-state index < -0.39 is 5.41 Å². The van der Waals surface area contributed by atoms with Gasteiger partial charge in [-0.05, 0) is 113 Å². The zero-order valence-electron chi connectivity index (χ0n) is 31.6. The van der Waals surface area contributed by atoms with Gasteiger partial charge in [-0.2, -0.15) is 0 Å². The van der Waals surface area contributed by atoms with Crippen molar-refractivity contribution < 1.29 is 0 Å².